The molecule has 1 aromatic carbocycles. The summed E-state index contributed by atoms with van der Waals surface area (Å²) in [6, 6.07) is 8.20. The van der Waals surface area contributed by atoms with Crippen LogP contribution in [0.15, 0.2) is 33.3 Å². The van der Waals surface area contributed by atoms with Crippen molar-refractivity contribution < 1.29 is 4.52 Å². The summed E-state index contributed by atoms with van der Waals surface area (Å²) in [5.41, 5.74) is 1.25. The average molecular weight is 310 g/mol. The van der Waals surface area contributed by atoms with Crippen molar-refractivity contribution in [1.29, 1.82) is 0 Å². The van der Waals surface area contributed by atoms with Crippen molar-refractivity contribution in [2.75, 3.05) is 7.05 Å². The van der Waals surface area contributed by atoms with E-state index in [1.54, 1.807) is 0 Å². The van der Waals surface area contributed by atoms with Gasteiger partial charge in [-0.25, -0.2) is 0 Å². The van der Waals surface area contributed by atoms with Crippen LogP contribution in [0.4, 0.5) is 0 Å². The first-order valence-corrected chi connectivity index (χ1v) is 6.71. The van der Waals surface area contributed by atoms with E-state index in [1.807, 2.05) is 32.2 Å². The lowest BCUT2D eigenvalue weighted by molar-refractivity contribution is 0.260. The maximum Gasteiger partial charge on any atom is 0.240 e. The summed E-state index contributed by atoms with van der Waals surface area (Å²) in [5.74, 6) is 1.43. The smallest absolute Gasteiger partial charge is 0.240 e. The van der Waals surface area contributed by atoms with Gasteiger partial charge in [0.1, 0.15) is 0 Å². The summed E-state index contributed by atoms with van der Waals surface area (Å²) in [6.07, 6.45) is 0.803. The van der Waals surface area contributed by atoms with E-state index in [-0.39, 0.29) is 0 Å². The lowest BCUT2D eigenvalue weighted by Gasteiger charge is -2.15. The Bertz CT molecular complexity index is 512. The van der Waals surface area contributed by atoms with Crippen LogP contribution in [-0.2, 0) is 19.5 Å². The third-order valence-corrected chi connectivity index (χ3v) is 3.40. The van der Waals surface area contributed by atoms with E-state index in [4.69, 9.17) is 4.52 Å². The van der Waals surface area contributed by atoms with Crippen molar-refractivity contribution in [1.82, 2.24) is 15.0 Å². The second-order valence-electron chi connectivity index (χ2n) is 4.22. The SMILES string of the molecule is CCc1noc(CN(C)Cc2ccccc2Br)n1. The Hall–Kier alpha value is -1.20. The fourth-order valence-corrected chi connectivity index (χ4v) is 2.11. The maximum absolute atomic E-state index is 5.18. The van der Waals surface area contributed by atoms with E-state index in [1.165, 1.54) is 5.56 Å². The zero-order valence-electron chi connectivity index (χ0n) is 10.6. The van der Waals surface area contributed by atoms with Gasteiger partial charge in [0.05, 0.1) is 6.54 Å². The van der Waals surface area contributed by atoms with E-state index >= 15 is 0 Å². The predicted molar refractivity (Wildman–Crippen MR) is 73.0 cm³/mol. The topological polar surface area (TPSA) is 42.2 Å². The summed E-state index contributed by atoms with van der Waals surface area (Å²) < 4.78 is 6.30. The Labute approximate surface area is 115 Å². The molecule has 2 aromatic rings. The fourth-order valence-electron chi connectivity index (χ4n) is 1.70. The van der Waals surface area contributed by atoms with E-state index in [0.29, 0.717) is 12.4 Å². The Balaban J connectivity index is 1.96. The minimum absolute atomic E-state index is 0.661. The summed E-state index contributed by atoms with van der Waals surface area (Å²) in [5, 5.41) is 3.89. The highest BCUT2D eigenvalue weighted by molar-refractivity contribution is 9.10. The molecule has 1 heterocycles. The molecule has 0 aliphatic rings. The summed E-state index contributed by atoms with van der Waals surface area (Å²) in [4.78, 5) is 6.45. The molecular weight excluding hydrogens is 294 g/mol. The van der Waals surface area contributed by atoms with E-state index in [9.17, 15) is 0 Å². The molecule has 0 saturated heterocycles. The van der Waals surface area contributed by atoms with Crippen LogP contribution < -0.4 is 0 Å². The Morgan fingerprint density at radius 1 is 1.28 bits per heavy atom. The van der Waals surface area contributed by atoms with Crippen LogP contribution in [0.5, 0.6) is 0 Å². The Morgan fingerprint density at radius 2 is 2.06 bits per heavy atom. The molecule has 96 valence electrons. The molecule has 0 aliphatic heterocycles. The molecule has 18 heavy (non-hydrogen) atoms. The predicted octanol–water partition coefficient (Wildman–Crippen LogP) is 3.03. The number of halogens is 1. The number of nitrogens with zero attached hydrogens (tertiary/aromatic N) is 3. The summed E-state index contributed by atoms with van der Waals surface area (Å²) >= 11 is 3.55. The molecule has 0 aliphatic carbocycles. The van der Waals surface area contributed by atoms with Crippen molar-refractivity contribution in [2.24, 2.45) is 0 Å². The molecular formula is C13H16BrN3O. The molecule has 0 fully saturated rings. The van der Waals surface area contributed by atoms with Gasteiger partial charge in [-0.3, -0.25) is 4.90 Å². The van der Waals surface area contributed by atoms with Crippen molar-refractivity contribution in [3.63, 3.8) is 0 Å². The zero-order valence-corrected chi connectivity index (χ0v) is 12.1. The van der Waals surface area contributed by atoms with Gasteiger partial charge in [-0.2, -0.15) is 4.98 Å². The molecule has 1 aromatic heterocycles. The van der Waals surface area contributed by atoms with E-state index < -0.39 is 0 Å². The van der Waals surface area contributed by atoms with Gasteiger partial charge < -0.3 is 4.52 Å². The van der Waals surface area contributed by atoms with Crippen LogP contribution in [0.2, 0.25) is 0 Å². The molecule has 0 unspecified atom stereocenters. The highest BCUT2D eigenvalue weighted by atomic mass is 79.9. The van der Waals surface area contributed by atoms with Crippen molar-refractivity contribution in [2.45, 2.75) is 26.4 Å². The number of benzene rings is 1. The molecule has 0 atom stereocenters. The van der Waals surface area contributed by atoms with Gasteiger partial charge in [0.25, 0.3) is 0 Å². The molecule has 0 bridgehead atoms. The van der Waals surface area contributed by atoms with Crippen LogP contribution in [0, 0.1) is 0 Å². The van der Waals surface area contributed by atoms with Gasteiger partial charge in [-0.1, -0.05) is 46.2 Å². The first-order chi connectivity index (χ1) is 8.69. The molecule has 2 rings (SSSR count). The minimum atomic E-state index is 0.661. The second-order valence-corrected chi connectivity index (χ2v) is 5.08. The third kappa shape index (κ3) is 3.40. The van der Waals surface area contributed by atoms with Crippen LogP contribution in [0.3, 0.4) is 0 Å². The highest BCUT2D eigenvalue weighted by Gasteiger charge is 2.09. The Kier molecular flexibility index (Phi) is 4.49. The zero-order chi connectivity index (χ0) is 13.0. The van der Waals surface area contributed by atoms with E-state index in [2.05, 4.69) is 37.0 Å². The first-order valence-electron chi connectivity index (χ1n) is 5.92. The molecule has 0 saturated carbocycles. The maximum atomic E-state index is 5.18. The number of rotatable bonds is 5. The van der Waals surface area contributed by atoms with Gasteiger partial charge in [-0.05, 0) is 18.7 Å². The van der Waals surface area contributed by atoms with Crippen LogP contribution in [-0.4, -0.2) is 22.1 Å². The molecule has 0 radical (unpaired) electrons. The number of hydrogen-bond acceptors (Lipinski definition) is 4. The lowest BCUT2D eigenvalue weighted by Crippen LogP contribution is -2.17. The molecule has 0 amide bonds. The van der Waals surface area contributed by atoms with Crippen molar-refractivity contribution in [3.8, 4) is 0 Å². The van der Waals surface area contributed by atoms with Crippen LogP contribution in [0.25, 0.3) is 0 Å². The Morgan fingerprint density at radius 3 is 2.72 bits per heavy atom. The minimum Gasteiger partial charge on any atom is -0.338 e. The number of hydrogen-bond donors (Lipinski definition) is 0. The van der Waals surface area contributed by atoms with Gasteiger partial charge in [0.15, 0.2) is 5.82 Å². The third-order valence-electron chi connectivity index (χ3n) is 2.63. The van der Waals surface area contributed by atoms with Gasteiger partial charge >= 0.3 is 0 Å². The standard InChI is InChI=1S/C13H16BrN3O/c1-3-12-15-13(18-16-12)9-17(2)8-10-6-4-5-7-11(10)14/h4-7H,3,8-9H2,1-2H3. The highest BCUT2D eigenvalue weighted by Crippen LogP contribution is 2.17. The molecule has 5 heteroatoms. The van der Waals surface area contributed by atoms with Crippen LogP contribution >= 0.6 is 15.9 Å². The quantitative estimate of drug-likeness (QED) is 0.851. The van der Waals surface area contributed by atoms with E-state index in [0.717, 1.165) is 23.3 Å². The number of aromatic nitrogens is 2. The van der Waals surface area contributed by atoms with Gasteiger partial charge in [0.2, 0.25) is 5.89 Å². The van der Waals surface area contributed by atoms with Crippen LogP contribution in [0.1, 0.15) is 24.2 Å². The van der Waals surface area contributed by atoms with Gasteiger partial charge in [0, 0.05) is 17.4 Å². The molecule has 4 nitrogen and oxygen atoms in total. The summed E-state index contributed by atoms with van der Waals surface area (Å²) in [7, 11) is 2.04. The average Bonchev–Trinajstić information content (AvgIpc) is 2.80. The second kappa shape index (κ2) is 6.11. The van der Waals surface area contributed by atoms with Gasteiger partial charge in [-0.15, -0.1) is 0 Å². The van der Waals surface area contributed by atoms with Crippen molar-refractivity contribution in [3.05, 3.63) is 46.0 Å². The lowest BCUT2D eigenvalue weighted by atomic mass is 10.2. The fraction of sp³-hybridized carbons (Fsp3) is 0.385. The first kappa shape index (κ1) is 13.2. The largest absolute Gasteiger partial charge is 0.338 e. The number of aryl methyl sites for hydroxylation is 1. The molecule has 0 spiro atoms. The van der Waals surface area contributed by atoms with Crippen molar-refractivity contribution >= 4 is 15.9 Å². The molecule has 0 N–H and O–H groups in total. The monoisotopic (exact) mass is 309 g/mol. The normalized spacial score (nSPS) is 11.1. The summed E-state index contributed by atoms with van der Waals surface area (Å²) in [6.45, 7) is 3.51.